The Morgan fingerprint density at radius 1 is 1.75 bits per heavy atom. The minimum Gasteiger partial charge on any atom is -0.306 e. The molecule has 8 heavy (non-hydrogen) atoms. The maximum atomic E-state index is 5.60. The van der Waals surface area contributed by atoms with E-state index in [2.05, 4.69) is 5.43 Å². The predicted octanol–water partition coefficient (Wildman–Crippen LogP) is 1.03. The summed E-state index contributed by atoms with van der Waals surface area (Å²) in [5.41, 5.74) is 2.90. The zero-order valence-electron chi connectivity index (χ0n) is 4.56. The molecule has 0 unspecified atom stereocenters. The normalized spacial score (nSPS) is 17.8. The third kappa shape index (κ3) is 1.17. The smallest absolute Gasteiger partial charge is 0.0599 e. The molecule has 44 valence electrons. The standard InChI is InChI=1S/C5H7ClN2/c1-8-4-5(6)2-3-7-8/h2-4,7H,1H3. The van der Waals surface area contributed by atoms with Crippen LogP contribution in [0.2, 0.25) is 0 Å². The minimum atomic E-state index is 0.742. The summed E-state index contributed by atoms with van der Waals surface area (Å²) in [5.74, 6) is 0. The number of hydrogen-bond donors (Lipinski definition) is 1. The third-order valence-corrected chi connectivity index (χ3v) is 1.06. The van der Waals surface area contributed by atoms with Crippen molar-refractivity contribution in [1.82, 2.24) is 10.4 Å². The van der Waals surface area contributed by atoms with Crippen LogP contribution in [0.4, 0.5) is 0 Å². The van der Waals surface area contributed by atoms with Crippen LogP contribution in [0.1, 0.15) is 0 Å². The number of allylic oxidation sites excluding steroid dienone is 2. The van der Waals surface area contributed by atoms with Gasteiger partial charge in [0.05, 0.1) is 5.03 Å². The molecule has 0 bridgehead atoms. The summed E-state index contributed by atoms with van der Waals surface area (Å²) in [6, 6.07) is 0. The molecular weight excluding hydrogens is 124 g/mol. The molecule has 0 saturated carbocycles. The van der Waals surface area contributed by atoms with E-state index in [1.54, 1.807) is 23.5 Å². The summed E-state index contributed by atoms with van der Waals surface area (Å²) in [7, 11) is 1.88. The zero-order chi connectivity index (χ0) is 5.98. The zero-order valence-corrected chi connectivity index (χ0v) is 5.31. The number of nitrogens with one attached hydrogen (secondary N) is 1. The molecule has 0 radical (unpaired) electrons. The molecule has 1 N–H and O–H groups in total. The van der Waals surface area contributed by atoms with Crippen molar-refractivity contribution in [2.45, 2.75) is 0 Å². The van der Waals surface area contributed by atoms with Gasteiger partial charge in [-0.3, -0.25) is 5.01 Å². The highest BCUT2D eigenvalue weighted by atomic mass is 35.5. The van der Waals surface area contributed by atoms with Gasteiger partial charge in [-0.1, -0.05) is 11.6 Å². The fourth-order valence-electron chi connectivity index (χ4n) is 0.500. The van der Waals surface area contributed by atoms with Gasteiger partial charge in [0, 0.05) is 19.4 Å². The second-order valence-electron chi connectivity index (χ2n) is 1.59. The van der Waals surface area contributed by atoms with Crippen molar-refractivity contribution in [1.29, 1.82) is 0 Å². The molecule has 1 heterocycles. The Kier molecular flexibility index (Phi) is 1.44. The van der Waals surface area contributed by atoms with Gasteiger partial charge >= 0.3 is 0 Å². The van der Waals surface area contributed by atoms with E-state index < -0.39 is 0 Å². The molecule has 2 nitrogen and oxygen atoms in total. The largest absolute Gasteiger partial charge is 0.306 e. The number of hydrazine groups is 1. The lowest BCUT2D eigenvalue weighted by atomic mass is 10.5. The van der Waals surface area contributed by atoms with E-state index in [-0.39, 0.29) is 0 Å². The maximum absolute atomic E-state index is 5.60. The maximum Gasteiger partial charge on any atom is 0.0599 e. The van der Waals surface area contributed by atoms with Crippen LogP contribution < -0.4 is 5.43 Å². The molecule has 0 aromatic rings. The quantitative estimate of drug-likeness (QED) is 0.527. The first-order chi connectivity index (χ1) is 3.79. The summed E-state index contributed by atoms with van der Waals surface area (Å²) >= 11 is 5.60. The number of nitrogens with zero attached hydrogens (tertiary/aromatic N) is 1. The fourth-order valence-corrected chi connectivity index (χ4v) is 0.709. The molecule has 0 amide bonds. The molecular formula is C5H7ClN2. The molecule has 0 saturated heterocycles. The van der Waals surface area contributed by atoms with Gasteiger partial charge in [-0.05, 0) is 6.08 Å². The van der Waals surface area contributed by atoms with Crippen LogP contribution >= 0.6 is 11.6 Å². The van der Waals surface area contributed by atoms with E-state index in [0.717, 1.165) is 5.03 Å². The first kappa shape index (κ1) is 5.51. The van der Waals surface area contributed by atoms with Gasteiger partial charge in [-0.2, -0.15) is 0 Å². The molecule has 1 aliphatic rings. The number of halogens is 1. The Balaban J connectivity index is 2.63. The van der Waals surface area contributed by atoms with E-state index in [1.807, 2.05) is 7.05 Å². The summed E-state index contributed by atoms with van der Waals surface area (Å²) in [4.78, 5) is 0. The van der Waals surface area contributed by atoms with Crippen LogP contribution in [0.15, 0.2) is 23.5 Å². The second kappa shape index (κ2) is 2.09. The van der Waals surface area contributed by atoms with Crippen LogP contribution in [-0.4, -0.2) is 12.1 Å². The highest BCUT2D eigenvalue weighted by Crippen LogP contribution is 2.05. The van der Waals surface area contributed by atoms with Gasteiger partial charge in [-0.25, -0.2) is 0 Å². The van der Waals surface area contributed by atoms with Crippen LogP contribution in [0.25, 0.3) is 0 Å². The van der Waals surface area contributed by atoms with Crippen molar-refractivity contribution >= 4 is 11.6 Å². The lowest BCUT2D eigenvalue weighted by Crippen LogP contribution is -2.26. The molecule has 0 spiro atoms. The van der Waals surface area contributed by atoms with Crippen molar-refractivity contribution in [3.8, 4) is 0 Å². The SMILES string of the molecule is CN1C=C(Cl)C=CN1. The topological polar surface area (TPSA) is 15.3 Å². The third-order valence-electron chi connectivity index (χ3n) is 0.838. The lowest BCUT2D eigenvalue weighted by Gasteiger charge is -2.16. The van der Waals surface area contributed by atoms with Gasteiger partial charge in [-0.15, -0.1) is 0 Å². The van der Waals surface area contributed by atoms with Gasteiger partial charge < -0.3 is 5.43 Å². The summed E-state index contributed by atoms with van der Waals surface area (Å²) in [5, 5.41) is 2.52. The highest BCUT2D eigenvalue weighted by Gasteiger charge is 1.93. The molecule has 0 aliphatic carbocycles. The molecule has 1 aliphatic heterocycles. The van der Waals surface area contributed by atoms with Crippen LogP contribution in [0.5, 0.6) is 0 Å². The van der Waals surface area contributed by atoms with Crippen molar-refractivity contribution in [2.75, 3.05) is 7.05 Å². The van der Waals surface area contributed by atoms with E-state index >= 15 is 0 Å². The first-order valence-corrected chi connectivity index (χ1v) is 2.70. The van der Waals surface area contributed by atoms with E-state index in [4.69, 9.17) is 11.6 Å². The van der Waals surface area contributed by atoms with Crippen molar-refractivity contribution < 1.29 is 0 Å². The monoisotopic (exact) mass is 130 g/mol. The first-order valence-electron chi connectivity index (χ1n) is 2.32. The Labute approximate surface area is 53.4 Å². The number of hydrogen-bond acceptors (Lipinski definition) is 2. The molecule has 3 heteroatoms. The van der Waals surface area contributed by atoms with Crippen LogP contribution in [0.3, 0.4) is 0 Å². The van der Waals surface area contributed by atoms with Crippen molar-refractivity contribution in [3.05, 3.63) is 23.5 Å². The van der Waals surface area contributed by atoms with Crippen molar-refractivity contribution in [3.63, 3.8) is 0 Å². The molecule has 0 aromatic heterocycles. The van der Waals surface area contributed by atoms with E-state index in [9.17, 15) is 0 Å². The number of rotatable bonds is 0. The summed E-state index contributed by atoms with van der Waals surface area (Å²) in [6.07, 6.45) is 5.37. The summed E-state index contributed by atoms with van der Waals surface area (Å²) in [6.45, 7) is 0. The van der Waals surface area contributed by atoms with Gasteiger partial charge in [0.2, 0.25) is 0 Å². The van der Waals surface area contributed by atoms with Crippen LogP contribution in [-0.2, 0) is 0 Å². The Morgan fingerprint density at radius 3 is 2.88 bits per heavy atom. The van der Waals surface area contributed by atoms with E-state index in [1.165, 1.54) is 0 Å². The second-order valence-corrected chi connectivity index (χ2v) is 2.02. The Hall–Kier alpha value is -0.630. The Bertz CT molecular complexity index is 139. The highest BCUT2D eigenvalue weighted by molar-refractivity contribution is 6.31. The molecule has 0 aromatic carbocycles. The average molecular weight is 131 g/mol. The van der Waals surface area contributed by atoms with E-state index in [0.29, 0.717) is 0 Å². The van der Waals surface area contributed by atoms with Gasteiger partial charge in [0.25, 0.3) is 0 Å². The lowest BCUT2D eigenvalue weighted by molar-refractivity contribution is 0.381. The predicted molar refractivity (Wildman–Crippen MR) is 34.0 cm³/mol. The van der Waals surface area contributed by atoms with Crippen molar-refractivity contribution in [2.24, 2.45) is 0 Å². The van der Waals surface area contributed by atoms with Gasteiger partial charge in [0.1, 0.15) is 0 Å². The fraction of sp³-hybridized carbons (Fsp3) is 0.200. The molecule has 0 atom stereocenters. The Morgan fingerprint density at radius 2 is 2.50 bits per heavy atom. The van der Waals surface area contributed by atoms with Crippen LogP contribution in [0, 0.1) is 0 Å². The minimum absolute atomic E-state index is 0.742. The average Bonchev–Trinajstić information content (AvgIpc) is 1.64. The summed E-state index contributed by atoms with van der Waals surface area (Å²) < 4.78 is 0. The molecule has 1 rings (SSSR count). The van der Waals surface area contributed by atoms with Gasteiger partial charge in [0.15, 0.2) is 0 Å². The molecule has 0 fully saturated rings.